The first-order valence-electron chi connectivity index (χ1n) is 9.25. The van der Waals surface area contributed by atoms with Gasteiger partial charge in [0.2, 0.25) is 12.2 Å². The molecule has 2 aliphatic heterocycles. The average Bonchev–Trinajstić information content (AvgIpc) is 3.08. The topological polar surface area (TPSA) is 150 Å². The number of hydrogen-bond donors (Lipinski definition) is 3. The number of carboxylic acids is 1. The smallest absolute Gasteiger partial charge is 0.310 e. The number of anilines is 1. The summed E-state index contributed by atoms with van der Waals surface area (Å²) in [5.74, 6) is -0.737. The number of carbonyl (C=O) groups is 1. The van der Waals surface area contributed by atoms with Crippen LogP contribution in [0.15, 0.2) is 45.7 Å². The van der Waals surface area contributed by atoms with Gasteiger partial charge in [0.15, 0.2) is 5.58 Å². The summed E-state index contributed by atoms with van der Waals surface area (Å²) in [4.78, 5) is 16.8. The Morgan fingerprint density at radius 3 is 2.65 bits per heavy atom. The summed E-state index contributed by atoms with van der Waals surface area (Å²) in [7, 11) is -4.39. The lowest BCUT2D eigenvalue weighted by Crippen LogP contribution is -2.50. The van der Waals surface area contributed by atoms with E-state index in [4.69, 9.17) is 14.3 Å². The first-order valence-corrected chi connectivity index (χ1v) is 10.7. The number of rotatable bonds is 4. The molecule has 0 radical (unpaired) electrons. The van der Waals surface area contributed by atoms with Crippen molar-refractivity contribution in [3.8, 4) is 5.75 Å². The number of oxazole rings is 1. The highest BCUT2D eigenvalue weighted by Crippen LogP contribution is 2.38. The molecule has 1 aromatic heterocycles. The van der Waals surface area contributed by atoms with Crippen molar-refractivity contribution in [3.05, 3.63) is 47.9 Å². The predicted molar refractivity (Wildman–Crippen MR) is 108 cm³/mol. The predicted octanol–water partition coefficient (Wildman–Crippen LogP) is 1.85. The number of benzene rings is 2. The molecule has 3 heterocycles. The largest absolute Gasteiger partial charge is 0.481 e. The van der Waals surface area contributed by atoms with Gasteiger partial charge in [-0.1, -0.05) is 0 Å². The molecule has 1 atom stereocenters. The fraction of sp³-hybridized carbons (Fsp3) is 0.200. The molecule has 3 N–H and O–H groups in total. The second-order valence-corrected chi connectivity index (χ2v) is 8.78. The Balaban J connectivity index is 1.46. The number of aliphatic carboxylic acids is 1. The summed E-state index contributed by atoms with van der Waals surface area (Å²) in [5.41, 5.74) is 2.19. The summed E-state index contributed by atoms with van der Waals surface area (Å²) < 4.78 is 43.0. The second kappa shape index (κ2) is 6.80. The molecule has 2 aromatic carbocycles. The van der Waals surface area contributed by atoms with Gasteiger partial charge in [0.25, 0.3) is 10.1 Å². The summed E-state index contributed by atoms with van der Waals surface area (Å²) >= 11 is 0. The molecule has 160 valence electrons. The van der Waals surface area contributed by atoms with E-state index in [0.29, 0.717) is 29.9 Å². The Kier molecular flexibility index (Phi) is 4.29. The van der Waals surface area contributed by atoms with Crippen molar-refractivity contribution < 1.29 is 37.1 Å². The minimum atomic E-state index is -4.39. The lowest BCUT2D eigenvalue weighted by molar-refractivity contribution is -0.142. The Morgan fingerprint density at radius 2 is 1.94 bits per heavy atom. The van der Waals surface area contributed by atoms with Crippen molar-refractivity contribution in [2.45, 2.75) is 11.2 Å². The zero-order valence-electron chi connectivity index (χ0n) is 15.8. The van der Waals surface area contributed by atoms with E-state index in [1.807, 2.05) is 11.0 Å². The van der Waals surface area contributed by atoms with Crippen LogP contribution in [0, 0.1) is 5.92 Å². The number of carboxylic acid groups (broad SMARTS) is 1. The van der Waals surface area contributed by atoms with Crippen molar-refractivity contribution >= 4 is 44.5 Å². The maximum Gasteiger partial charge on any atom is 0.310 e. The molecule has 31 heavy (non-hydrogen) atoms. The van der Waals surface area contributed by atoms with E-state index in [0.717, 1.165) is 11.8 Å². The van der Waals surface area contributed by atoms with Crippen LogP contribution in [-0.4, -0.2) is 53.5 Å². The van der Waals surface area contributed by atoms with Crippen molar-refractivity contribution in [2.24, 2.45) is 5.92 Å². The highest BCUT2D eigenvalue weighted by Gasteiger charge is 2.33. The molecule has 0 spiro atoms. The van der Waals surface area contributed by atoms with Crippen molar-refractivity contribution in [2.75, 3.05) is 18.0 Å². The van der Waals surface area contributed by atoms with E-state index in [1.165, 1.54) is 12.1 Å². The number of aliphatic hydroxyl groups is 1. The molecule has 0 bridgehead atoms. The fourth-order valence-corrected chi connectivity index (χ4v) is 4.06. The average molecular weight is 444 g/mol. The zero-order chi connectivity index (χ0) is 21.9. The van der Waals surface area contributed by atoms with Gasteiger partial charge in [0, 0.05) is 36.5 Å². The van der Waals surface area contributed by atoms with Crippen LogP contribution in [-0.2, 0) is 14.9 Å². The Morgan fingerprint density at radius 1 is 1.16 bits per heavy atom. The van der Waals surface area contributed by atoms with Crippen LogP contribution in [0.3, 0.4) is 0 Å². The van der Waals surface area contributed by atoms with Crippen molar-refractivity contribution in [1.29, 1.82) is 0 Å². The molecule has 1 fully saturated rings. The standard InChI is InChI=1S/C20H16N2O8S/c23-19(24)11-8-22(9-11)12-2-1-10-5-14(20(25)30-16(10)6-12)18-21-15-4-3-13(31(26,27)28)7-17(15)29-18/h1-7,11,20,25H,8-9H2,(H,23,24)(H,26,27,28). The highest BCUT2D eigenvalue weighted by molar-refractivity contribution is 7.85. The van der Waals surface area contributed by atoms with Crippen LogP contribution >= 0.6 is 0 Å². The molecular formula is C20H16N2O8S. The van der Waals surface area contributed by atoms with Gasteiger partial charge in [-0.3, -0.25) is 9.35 Å². The SMILES string of the molecule is O=C(O)C1CN(c2ccc3c(c2)OC(O)C(c2nc4ccc(S(=O)(=O)O)cc4o2)=C3)C1. The van der Waals surface area contributed by atoms with Crippen molar-refractivity contribution in [3.63, 3.8) is 0 Å². The van der Waals surface area contributed by atoms with Crippen LogP contribution in [0.2, 0.25) is 0 Å². The summed E-state index contributed by atoms with van der Waals surface area (Å²) in [6.07, 6.45) is 0.276. The number of fused-ring (bicyclic) bond motifs is 2. The molecular weight excluding hydrogens is 428 g/mol. The summed E-state index contributed by atoms with van der Waals surface area (Å²) in [5, 5.41) is 19.5. The summed E-state index contributed by atoms with van der Waals surface area (Å²) in [6, 6.07) is 9.08. The van der Waals surface area contributed by atoms with Gasteiger partial charge in [-0.15, -0.1) is 0 Å². The lowest BCUT2D eigenvalue weighted by Gasteiger charge is -2.39. The van der Waals surface area contributed by atoms with E-state index in [9.17, 15) is 22.9 Å². The maximum absolute atomic E-state index is 11.3. The number of nitrogens with zero attached hydrogens (tertiary/aromatic N) is 2. The van der Waals surface area contributed by atoms with Crippen LogP contribution in [0.25, 0.3) is 22.7 Å². The van der Waals surface area contributed by atoms with E-state index < -0.39 is 28.3 Å². The molecule has 11 heteroatoms. The van der Waals surface area contributed by atoms with Gasteiger partial charge >= 0.3 is 5.97 Å². The lowest BCUT2D eigenvalue weighted by atomic mass is 9.98. The molecule has 0 aliphatic carbocycles. The van der Waals surface area contributed by atoms with Gasteiger partial charge in [0.1, 0.15) is 11.3 Å². The van der Waals surface area contributed by atoms with E-state index in [2.05, 4.69) is 4.98 Å². The monoisotopic (exact) mass is 444 g/mol. The van der Waals surface area contributed by atoms with Crippen LogP contribution in [0.4, 0.5) is 5.69 Å². The van der Waals surface area contributed by atoms with Crippen LogP contribution in [0.1, 0.15) is 11.5 Å². The Bertz CT molecular complexity index is 1350. The first kappa shape index (κ1) is 19.5. The van der Waals surface area contributed by atoms with Gasteiger partial charge < -0.3 is 24.3 Å². The molecule has 10 nitrogen and oxygen atoms in total. The van der Waals surface area contributed by atoms with Gasteiger partial charge in [-0.25, -0.2) is 4.98 Å². The summed E-state index contributed by atoms with van der Waals surface area (Å²) in [6.45, 7) is 0.818. The number of hydrogen-bond acceptors (Lipinski definition) is 8. The van der Waals surface area contributed by atoms with Crippen LogP contribution in [0.5, 0.6) is 5.75 Å². The second-order valence-electron chi connectivity index (χ2n) is 7.36. The zero-order valence-corrected chi connectivity index (χ0v) is 16.6. The molecule has 1 saturated heterocycles. The van der Waals surface area contributed by atoms with E-state index >= 15 is 0 Å². The van der Waals surface area contributed by atoms with Crippen LogP contribution < -0.4 is 9.64 Å². The molecule has 1 unspecified atom stereocenters. The third-order valence-electron chi connectivity index (χ3n) is 5.31. The Hall–Kier alpha value is -3.41. The number of aliphatic hydroxyl groups excluding tert-OH is 1. The minimum absolute atomic E-state index is 0.0526. The van der Waals surface area contributed by atoms with E-state index in [-0.39, 0.29) is 21.9 Å². The van der Waals surface area contributed by atoms with Gasteiger partial charge in [-0.2, -0.15) is 8.42 Å². The number of ether oxygens (including phenoxy) is 1. The van der Waals surface area contributed by atoms with E-state index in [1.54, 1.807) is 18.2 Å². The van der Waals surface area contributed by atoms with Crippen molar-refractivity contribution in [1.82, 2.24) is 4.98 Å². The normalized spacial score (nSPS) is 18.8. The molecule has 3 aromatic rings. The third-order valence-corrected chi connectivity index (χ3v) is 6.16. The van der Waals surface area contributed by atoms with Gasteiger partial charge in [-0.05, 0) is 30.3 Å². The Labute approximate surface area is 175 Å². The third kappa shape index (κ3) is 3.42. The minimum Gasteiger partial charge on any atom is -0.481 e. The molecule has 2 aliphatic rings. The van der Waals surface area contributed by atoms with Gasteiger partial charge in [0.05, 0.1) is 16.4 Å². The number of aromatic nitrogens is 1. The molecule has 0 amide bonds. The maximum atomic E-state index is 11.3. The first-order chi connectivity index (χ1) is 14.7. The highest BCUT2D eigenvalue weighted by atomic mass is 32.2. The quantitative estimate of drug-likeness (QED) is 0.509. The fourth-order valence-electron chi connectivity index (χ4n) is 3.57. The molecule has 0 saturated carbocycles. The molecule has 5 rings (SSSR count).